The number of nitrogens with zero attached hydrogens (tertiary/aromatic N) is 2. The maximum Gasteiger partial charge on any atom is 0.308 e. The van der Waals surface area contributed by atoms with E-state index in [4.69, 9.17) is 14.7 Å². The van der Waals surface area contributed by atoms with Crippen LogP contribution in [0.15, 0.2) is 36.5 Å². The quantitative estimate of drug-likeness (QED) is 0.688. The Morgan fingerprint density at radius 3 is 2.57 bits per heavy atom. The topological polar surface area (TPSA) is 72.2 Å². The molecule has 0 bridgehead atoms. The summed E-state index contributed by atoms with van der Waals surface area (Å²) in [6, 6.07) is 9.88. The fourth-order valence-corrected chi connectivity index (χ4v) is 3.45. The van der Waals surface area contributed by atoms with Crippen LogP contribution in [0.25, 0.3) is 11.1 Å². The number of aromatic nitrogens is 1. The Labute approximate surface area is 164 Å². The molecule has 28 heavy (non-hydrogen) atoms. The van der Waals surface area contributed by atoms with Crippen molar-refractivity contribution in [3.63, 3.8) is 0 Å². The highest BCUT2D eigenvalue weighted by Crippen LogP contribution is 2.30. The van der Waals surface area contributed by atoms with E-state index in [2.05, 4.69) is 4.98 Å². The van der Waals surface area contributed by atoms with Crippen LogP contribution in [0, 0.1) is 29.0 Å². The van der Waals surface area contributed by atoms with Crippen molar-refractivity contribution in [2.24, 2.45) is 11.8 Å². The lowest BCUT2D eigenvalue weighted by molar-refractivity contribution is -0.149. The summed E-state index contributed by atoms with van der Waals surface area (Å²) in [5.74, 6) is 0.309. The molecule has 1 aromatic carbocycles. The number of rotatable bonds is 6. The molecular formula is C22H23FN2O3. The molecule has 1 aliphatic rings. The van der Waals surface area contributed by atoms with Gasteiger partial charge in [0.2, 0.25) is 5.88 Å². The Bertz CT molecular complexity index is 853. The Balaban J connectivity index is 1.51. The first-order valence-corrected chi connectivity index (χ1v) is 9.56. The van der Waals surface area contributed by atoms with Gasteiger partial charge in [0.05, 0.1) is 24.7 Å². The normalized spacial score (nSPS) is 18.9. The molecule has 0 aliphatic heterocycles. The third kappa shape index (κ3) is 4.86. The summed E-state index contributed by atoms with van der Waals surface area (Å²) in [6.45, 7) is 2.82. The number of pyridine rings is 1. The van der Waals surface area contributed by atoms with Crippen molar-refractivity contribution in [1.82, 2.24) is 4.98 Å². The van der Waals surface area contributed by atoms with Gasteiger partial charge in [-0.2, -0.15) is 5.26 Å². The summed E-state index contributed by atoms with van der Waals surface area (Å²) in [5.41, 5.74) is 1.44. The molecule has 3 rings (SSSR count). The molecule has 1 aliphatic carbocycles. The smallest absolute Gasteiger partial charge is 0.308 e. The highest BCUT2D eigenvalue weighted by Gasteiger charge is 2.27. The van der Waals surface area contributed by atoms with E-state index in [0.29, 0.717) is 30.6 Å². The standard InChI is InChI=1S/C22H23FN2O3/c1-2-27-22(26)16-5-3-15(4-6-16)14-28-21-10-9-19(13-25-21)17-7-8-18(12-24)20(23)11-17/h7-11,13,15-16H,2-6,14H2,1H3. The third-order valence-corrected chi connectivity index (χ3v) is 5.09. The number of ether oxygens (including phenoxy) is 2. The van der Waals surface area contributed by atoms with Gasteiger partial charge in [0, 0.05) is 17.8 Å². The van der Waals surface area contributed by atoms with Gasteiger partial charge in [-0.25, -0.2) is 9.37 Å². The number of halogens is 1. The lowest BCUT2D eigenvalue weighted by Crippen LogP contribution is -2.26. The van der Waals surface area contributed by atoms with Crippen LogP contribution in [0.3, 0.4) is 0 Å². The zero-order valence-corrected chi connectivity index (χ0v) is 15.9. The van der Waals surface area contributed by atoms with Crippen molar-refractivity contribution in [3.05, 3.63) is 47.9 Å². The molecule has 146 valence electrons. The predicted molar refractivity (Wildman–Crippen MR) is 102 cm³/mol. The second-order valence-electron chi connectivity index (χ2n) is 6.97. The van der Waals surface area contributed by atoms with E-state index < -0.39 is 5.82 Å². The first kappa shape index (κ1) is 19.8. The third-order valence-electron chi connectivity index (χ3n) is 5.09. The number of benzene rings is 1. The van der Waals surface area contributed by atoms with Gasteiger partial charge in [0.25, 0.3) is 0 Å². The Hall–Kier alpha value is -2.94. The van der Waals surface area contributed by atoms with Gasteiger partial charge >= 0.3 is 5.97 Å². The molecule has 0 saturated heterocycles. The molecule has 5 nitrogen and oxygen atoms in total. The summed E-state index contributed by atoms with van der Waals surface area (Å²) in [7, 11) is 0. The molecule has 1 heterocycles. The molecule has 0 N–H and O–H groups in total. The van der Waals surface area contributed by atoms with Gasteiger partial charge in [0.15, 0.2) is 0 Å². The highest BCUT2D eigenvalue weighted by atomic mass is 19.1. The average Bonchev–Trinajstić information content (AvgIpc) is 2.73. The van der Waals surface area contributed by atoms with E-state index in [0.717, 1.165) is 31.2 Å². The van der Waals surface area contributed by atoms with Crippen LogP contribution in [-0.4, -0.2) is 24.2 Å². The van der Waals surface area contributed by atoms with Gasteiger partial charge in [0.1, 0.15) is 11.9 Å². The van der Waals surface area contributed by atoms with Crippen molar-refractivity contribution >= 4 is 5.97 Å². The maximum atomic E-state index is 13.8. The first-order chi connectivity index (χ1) is 13.6. The monoisotopic (exact) mass is 382 g/mol. The van der Waals surface area contributed by atoms with Crippen molar-refractivity contribution in [2.45, 2.75) is 32.6 Å². The van der Waals surface area contributed by atoms with E-state index in [1.807, 2.05) is 19.1 Å². The van der Waals surface area contributed by atoms with Crippen molar-refractivity contribution < 1.29 is 18.7 Å². The summed E-state index contributed by atoms with van der Waals surface area (Å²) in [6.07, 6.45) is 5.18. The van der Waals surface area contributed by atoms with Crippen molar-refractivity contribution in [1.29, 1.82) is 5.26 Å². The van der Waals surface area contributed by atoms with E-state index in [9.17, 15) is 9.18 Å². The van der Waals surface area contributed by atoms with Gasteiger partial charge in [-0.1, -0.05) is 6.07 Å². The van der Waals surface area contributed by atoms with Crippen LogP contribution in [-0.2, 0) is 9.53 Å². The SMILES string of the molecule is CCOC(=O)C1CCC(COc2ccc(-c3ccc(C#N)c(F)c3)cn2)CC1. The Morgan fingerprint density at radius 2 is 1.96 bits per heavy atom. The van der Waals surface area contributed by atoms with Crippen LogP contribution < -0.4 is 4.74 Å². The Morgan fingerprint density at radius 1 is 1.21 bits per heavy atom. The largest absolute Gasteiger partial charge is 0.477 e. The van der Waals surface area contributed by atoms with Crippen molar-refractivity contribution in [3.8, 4) is 23.1 Å². The molecular weight excluding hydrogens is 359 g/mol. The van der Waals surface area contributed by atoms with Gasteiger partial charge in [-0.05, 0) is 62.3 Å². The molecule has 2 aromatic rings. The van der Waals surface area contributed by atoms with Gasteiger partial charge < -0.3 is 9.47 Å². The van der Waals surface area contributed by atoms with Crippen LogP contribution in [0.2, 0.25) is 0 Å². The molecule has 1 saturated carbocycles. The molecule has 1 aromatic heterocycles. The molecule has 0 spiro atoms. The minimum absolute atomic E-state index is 0.0152. The predicted octanol–water partition coefficient (Wildman–Crippen LogP) is 4.51. The molecule has 6 heteroatoms. The summed E-state index contributed by atoms with van der Waals surface area (Å²) < 4.78 is 24.7. The highest BCUT2D eigenvalue weighted by molar-refractivity contribution is 5.72. The fourth-order valence-electron chi connectivity index (χ4n) is 3.45. The van der Waals surface area contributed by atoms with Crippen LogP contribution in [0.1, 0.15) is 38.2 Å². The van der Waals surface area contributed by atoms with Gasteiger partial charge in [-0.3, -0.25) is 4.79 Å². The molecule has 1 fully saturated rings. The lowest BCUT2D eigenvalue weighted by atomic mass is 9.82. The average molecular weight is 382 g/mol. The van der Waals surface area contributed by atoms with Crippen LogP contribution in [0.4, 0.5) is 4.39 Å². The van der Waals surface area contributed by atoms with Crippen LogP contribution in [0.5, 0.6) is 5.88 Å². The summed E-state index contributed by atoms with van der Waals surface area (Å²) >= 11 is 0. The first-order valence-electron chi connectivity index (χ1n) is 9.56. The zero-order valence-electron chi connectivity index (χ0n) is 15.9. The number of carbonyl (C=O) groups excluding carboxylic acids is 1. The minimum atomic E-state index is -0.543. The van der Waals surface area contributed by atoms with E-state index in [-0.39, 0.29) is 17.5 Å². The van der Waals surface area contributed by atoms with E-state index in [1.54, 1.807) is 18.3 Å². The molecule has 0 radical (unpaired) electrons. The lowest BCUT2D eigenvalue weighted by Gasteiger charge is -2.26. The number of nitriles is 1. The minimum Gasteiger partial charge on any atom is -0.477 e. The second kappa shape index (κ2) is 9.32. The molecule has 0 atom stereocenters. The van der Waals surface area contributed by atoms with E-state index in [1.165, 1.54) is 12.1 Å². The number of esters is 1. The maximum absolute atomic E-state index is 13.8. The zero-order chi connectivity index (χ0) is 19.9. The fraction of sp³-hybridized carbons (Fsp3) is 0.409. The van der Waals surface area contributed by atoms with Crippen LogP contribution >= 0.6 is 0 Å². The number of hydrogen-bond acceptors (Lipinski definition) is 5. The van der Waals surface area contributed by atoms with E-state index >= 15 is 0 Å². The summed E-state index contributed by atoms with van der Waals surface area (Å²) in [4.78, 5) is 16.1. The summed E-state index contributed by atoms with van der Waals surface area (Å²) in [5, 5.41) is 8.81. The van der Waals surface area contributed by atoms with Gasteiger partial charge in [-0.15, -0.1) is 0 Å². The van der Waals surface area contributed by atoms with Crippen molar-refractivity contribution in [2.75, 3.05) is 13.2 Å². The number of hydrogen-bond donors (Lipinski definition) is 0. The Kier molecular flexibility index (Phi) is 6.59. The molecule has 0 amide bonds. The second-order valence-corrected chi connectivity index (χ2v) is 6.97. The molecule has 0 unspecified atom stereocenters. The number of carbonyl (C=O) groups is 1.